The number of thioether (sulfide) groups is 1. The topological polar surface area (TPSA) is 82.0 Å². The van der Waals surface area contributed by atoms with Crippen LogP contribution in [0.25, 0.3) is 0 Å². The van der Waals surface area contributed by atoms with E-state index < -0.39 is 0 Å². The Hall–Kier alpha value is -2.56. The van der Waals surface area contributed by atoms with Crippen LogP contribution in [-0.2, 0) is 16.1 Å². The average Bonchev–Trinajstić information content (AvgIpc) is 2.71. The molecule has 0 fully saturated rings. The van der Waals surface area contributed by atoms with E-state index in [-0.39, 0.29) is 29.9 Å². The van der Waals surface area contributed by atoms with Gasteiger partial charge in [-0.25, -0.2) is 0 Å². The van der Waals surface area contributed by atoms with E-state index in [1.165, 1.54) is 11.8 Å². The highest BCUT2D eigenvalue weighted by Gasteiger charge is 2.29. The lowest BCUT2D eigenvalue weighted by molar-refractivity contribution is -0.121. The maximum Gasteiger partial charge on any atom is 0.230 e. The highest BCUT2D eigenvalue weighted by Crippen LogP contribution is 2.36. The fourth-order valence-corrected chi connectivity index (χ4v) is 4.25. The second-order valence-corrected chi connectivity index (χ2v) is 8.17. The Morgan fingerprint density at radius 3 is 2.75 bits per heavy atom. The summed E-state index contributed by atoms with van der Waals surface area (Å²) in [6, 6.07) is 19.4. The number of nitrogens with one attached hydrogen (secondary N) is 2. The molecule has 7 heteroatoms. The van der Waals surface area contributed by atoms with Gasteiger partial charge >= 0.3 is 0 Å². The Morgan fingerprint density at radius 2 is 2.04 bits per heavy atom. The van der Waals surface area contributed by atoms with Crippen LogP contribution in [0.2, 0.25) is 0 Å². The maximum absolute atomic E-state index is 12.2. The molecular weight excluding hydrogens is 438 g/mol. The molecule has 1 heterocycles. The van der Waals surface area contributed by atoms with Crippen molar-refractivity contribution in [3.05, 3.63) is 80.8 Å². The smallest absolute Gasteiger partial charge is 0.230 e. The molecule has 2 amide bonds. The predicted octanol–water partition coefficient (Wildman–Crippen LogP) is 3.84. The molecule has 2 aromatic rings. The zero-order chi connectivity index (χ0) is 19.9. The summed E-state index contributed by atoms with van der Waals surface area (Å²) in [7, 11) is 0. The van der Waals surface area contributed by atoms with Gasteiger partial charge in [-0.2, -0.15) is 5.26 Å². The summed E-state index contributed by atoms with van der Waals surface area (Å²) in [6.45, 7) is 0.442. The van der Waals surface area contributed by atoms with Crippen molar-refractivity contribution in [1.29, 1.82) is 5.26 Å². The minimum Gasteiger partial charge on any atom is -0.351 e. The summed E-state index contributed by atoms with van der Waals surface area (Å²) in [5.41, 5.74) is 2.39. The molecule has 0 spiro atoms. The summed E-state index contributed by atoms with van der Waals surface area (Å²) < 4.78 is 0.891. The fraction of sp³-hybridized carbons (Fsp3) is 0.190. The van der Waals surface area contributed by atoms with E-state index in [1.807, 2.05) is 54.6 Å². The van der Waals surface area contributed by atoms with E-state index >= 15 is 0 Å². The van der Waals surface area contributed by atoms with Crippen molar-refractivity contribution in [2.24, 2.45) is 0 Å². The molecule has 3 rings (SSSR count). The van der Waals surface area contributed by atoms with Crippen molar-refractivity contribution in [2.45, 2.75) is 18.9 Å². The molecular formula is C21H18BrN3O2S. The van der Waals surface area contributed by atoms with Crippen LogP contribution in [0.1, 0.15) is 23.5 Å². The van der Waals surface area contributed by atoms with E-state index in [9.17, 15) is 14.9 Å². The van der Waals surface area contributed by atoms with Gasteiger partial charge in [-0.05, 0) is 23.3 Å². The fourth-order valence-electron chi connectivity index (χ4n) is 2.93. The lowest BCUT2D eigenvalue weighted by Crippen LogP contribution is -2.32. The molecule has 0 aliphatic carbocycles. The third kappa shape index (κ3) is 5.24. The zero-order valence-electron chi connectivity index (χ0n) is 14.9. The van der Waals surface area contributed by atoms with Crippen molar-refractivity contribution in [3.8, 4) is 6.07 Å². The molecule has 142 valence electrons. The number of nitriles is 1. The molecule has 0 bridgehead atoms. The van der Waals surface area contributed by atoms with E-state index in [1.54, 1.807) is 0 Å². The van der Waals surface area contributed by atoms with Crippen molar-refractivity contribution in [2.75, 3.05) is 5.75 Å². The van der Waals surface area contributed by atoms with Gasteiger partial charge in [0.1, 0.15) is 0 Å². The van der Waals surface area contributed by atoms with Crippen LogP contribution in [0.4, 0.5) is 0 Å². The van der Waals surface area contributed by atoms with Crippen LogP contribution >= 0.6 is 27.7 Å². The largest absolute Gasteiger partial charge is 0.351 e. The van der Waals surface area contributed by atoms with Crippen LogP contribution < -0.4 is 10.6 Å². The number of hydrogen-bond donors (Lipinski definition) is 2. The first-order valence-corrected chi connectivity index (χ1v) is 10.5. The molecule has 0 radical (unpaired) electrons. The Morgan fingerprint density at radius 1 is 1.25 bits per heavy atom. The molecule has 5 nitrogen and oxygen atoms in total. The van der Waals surface area contributed by atoms with Gasteiger partial charge in [-0.3, -0.25) is 9.59 Å². The molecule has 2 N–H and O–H groups in total. The van der Waals surface area contributed by atoms with Gasteiger partial charge < -0.3 is 10.6 Å². The lowest BCUT2D eigenvalue weighted by atomic mass is 9.87. The molecule has 2 aromatic carbocycles. The molecule has 1 atom stereocenters. The molecule has 0 aromatic heterocycles. The highest BCUT2D eigenvalue weighted by molar-refractivity contribution is 9.10. The second-order valence-electron chi connectivity index (χ2n) is 6.27. The normalized spacial score (nSPS) is 16.3. The van der Waals surface area contributed by atoms with Gasteiger partial charge in [0.05, 0.1) is 22.4 Å². The number of halogens is 1. The summed E-state index contributed by atoms with van der Waals surface area (Å²) in [6.07, 6.45) is 0.212. The number of amides is 2. The van der Waals surface area contributed by atoms with Gasteiger partial charge in [0.25, 0.3) is 0 Å². The monoisotopic (exact) mass is 455 g/mol. The minimum atomic E-state index is -0.314. The quantitative estimate of drug-likeness (QED) is 0.692. The molecule has 0 saturated carbocycles. The zero-order valence-corrected chi connectivity index (χ0v) is 17.3. The van der Waals surface area contributed by atoms with Gasteiger partial charge in [-0.15, -0.1) is 0 Å². The molecule has 1 aliphatic rings. The van der Waals surface area contributed by atoms with Crippen molar-refractivity contribution in [1.82, 2.24) is 10.6 Å². The summed E-state index contributed by atoms with van der Waals surface area (Å²) in [5, 5.41) is 15.7. The van der Waals surface area contributed by atoms with Crippen LogP contribution in [0, 0.1) is 11.3 Å². The van der Waals surface area contributed by atoms with Crippen LogP contribution in [0.3, 0.4) is 0 Å². The number of carbonyl (C=O) groups is 2. The Bertz CT molecular complexity index is 954. The average molecular weight is 456 g/mol. The molecule has 0 saturated heterocycles. The number of hydrogen-bond acceptors (Lipinski definition) is 4. The van der Waals surface area contributed by atoms with Crippen LogP contribution in [0.15, 0.2) is 69.7 Å². The van der Waals surface area contributed by atoms with E-state index in [2.05, 4.69) is 32.6 Å². The summed E-state index contributed by atoms with van der Waals surface area (Å²) in [5.74, 6) is -0.501. The second kappa shape index (κ2) is 9.58. The van der Waals surface area contributed by atoms with E-state index in [0.717, 1.165) is 15.6 Å². The Labute approximate surface area is 176 Å². The lowest BCUT2D eigenvalue weighted by Gasteiger charge is -2.25. The van der Waals surface area contributed by atoms with E-state index in [4.69, 9.17) is 0 Å². The first kappa shape index (κ1) is 20.2. The van der Waals surface area contributed by atoms with Gasteiger partial charge in [-0.1, -0.05) is 70.2 Å². The molecule has 1 aliphatic heterocycles. The third-order valence-corrected chi connectivity index (χ3v) is 5.80. The number of allylic oxidation sites excluding steroid dienone is 1. The van der Waals surface area contributed by atoms with Gasteiger partial charge in [0.2, 0.25) is 11.8 Å². The minimum absolute atomic E-state index is 0.124. The van der Waals surface area contributed by atoms with Crippen molar-refractivity contribution in [3.63, 3.8) is 0 Å². The number of nitrogens with zero attached hydrogens (tertiary/aromatic N) is 1. The molecule has 28 heavy (non-hydrogen) atoms. The van der Waals surface area contributed by atoms with Crippen molar-refractivity contribution >= 4 is 39.5 Å². The van der Waals surface area contributed by atoms with E-state index in [0.29, 0.717) is 17.1 Å². The number of rotatable bonds is 6. The Balaban J connectivity index is 1.69. The first-order chi connectivity index (χ1) is 13.6. The highest BCUT2D eigenvalue weighted by atomic mass is 79.9. The Kier molecular flexibility index (Phi) is 6.90. The predicted molar refractivity (Wildman–Crippen MR) is 113 cm³/mol. The summed E-state index contributed by atoms with van der Waals surface area (Å²) in [4.78, 5) is 24.4. The first-order valence-electron chi connectivity index (χ1n) is 8.70. The number of carbonyl (C=O) groups excluding carboxylic acids is 2. The van der Waals surface area contributed by atoms with Crippen molar-refractivity contribution < 1.29 is 9.59 Å². The SMILES string of the molecule is N#CC1=C(SCC(=O)NCc2ccccc2)NC(=O)C[C@H]1c1cccc(Br)c1. The standard InChI is InChI=1S/C21H18BrN3O2S/c22-16-8-4-7-15(9-16)17-10-19(26)25-21(18(17)11-23)28-13-20(27)24-12-14-5-2-1-3-6-14/h1-9,17H,10,12-13H2,(H,24,27)(H,25,26)/t17-/m0/s1. The van der Waals surface area contributed by atoms with Gasteiger partial charge in [0, 0.05) is 23.4 Å². The maximum atomic E-state index is 12.2. The third-order valence-electron chi connectivity index (χ3n) is 4.29. The van der Waals surface area contributed by atoms with Crippen LogP contribution in [0.5, 0.6) is 0 Å². The van der Waals surface area contributed by atoms with Gasteiger partial charge in [0.15, 0.2) is 0 Å². The number of benzene rings is 2. The van der Waals surface area contributed by atoms with Crippen LogP contribution in [-0.4, -0.2) is 17.6 Å². The summed E-state index contributed by atoms with van der Waals surface area (Å²) >= 11 is 4.61. The molecule has 0 unspecified atom stereocenters.